The number of pyridine rings is 2. The molecule has 0 unspecified atom stereocenters. The summed E-state index contributed by atoms with van der Waals surface area (Å²) in [7, 11) is 0. The van der Waals surface area contributed by atoms with Gasteiger partial charge in [0, 0.05) is 40.3 Å². The zero-order chi connectivity index (χ0) is 24.1. The SMILES string of the molecule is Fc1ccc(-c2cccc3[nH]c(-c4n[nH]c5cnc(-c6cncc(CN7CCCC7)c6)cc45)nc23)s1. The number of hydrogen-bond donors (Lipinski definition) is 2. The van der Waals surface area contributed by atoms with Crippen LogP contribution in [0, 0.1) is 5.13 Å². The maximum Gasteiger partial charge on any atom is 0.176 e. The number of nitrogens with one attached hydrogen (secondary N) is 2. The van der Waals surface area contributed by atoms with E-state index in [9.17, 15) is 4.39 Å². The second kappa shape index (κ2) is 8.61. The van der Waals surface area contributed by atoms with E-state index in [0.717, 1.165) is 74.6 Å². The van der Waals surface area contributed by atoms with Crippen LogP contribution >= 0.6 is 11.3 Å². The minimum absolute atomic E-state index is 0.213. The van der Waals surface area contributed by atoms with Gasteiger partial charge in [0.25, 0.3) is 0 Å². The van der Waals surface area contributed by atoms with E-state index in [0.29, 0.717) is 11.5 Å². The fourth-order valence-electron chi connectivity index (χ4n) is 4.97. The lowest BCUT2D eigenvalue weighted by molar-refractivity contribution is 0.331. The zero-order valence-corrected chi connectivity index (χ0v) is 20.1. The van der Waals surface area contributed by atoms with E-state index in [2.05, 4.69) is 36.1 Å². The van der Waals surface area contributed by atoms with Crippen molar-refractivity contribution < 1.29 is 4.39 Å². The minimum Gasteiger partial charge on any atom is -0.337 e. The number of likely N-dealkylation sites (tertiary alicyclic amines) is 1. The number of rotatable bonds is 5. The number of H-pyrrole nitrogens is 2. The van der Waals surface area contributed by atoms with Crippen molar-refractivity contribution in [3.8, 4) is 33.2 Å². The number of benzene rings is 1. The highest BCUT2D eigenvalue weighted by Gasteiger charge is 2.17. The van der Waals surface area contributed by atoms with Crippen molar-refractivity contribution in [2.24, 2.45) is 0 Å². The summed E-state index contributed by atoms with van der Waals surface area (Å²) in [6.45, 7) is 3.20. The molecule has 1 fully saturated rings. The maximum absolute atomic E-state index is 13.7. The third kappa shape index (κ3) is 3.77. The zero-order valence-electron chi connectivity index (χ0n) is 19.3. The molecule has 0 saturated carbocycles. The first-order valence-electron chi connectivity index (χ1n) is 12.0. The van der Waals surface area contributed by atoms with Crippen molar-refractivity contribution in [2.45, 2.75) is 19.4 Å². The van der Waals surface area contributed by atoms with Crippen molar-refractivity contribution in [2.75, 3.05) is 13.1 Å². The molecule has 1 saturated heterocycles. The van der Waals surface area contributed by atoms with Crippen molar-refractivity contribution >= 4 is 33.3 Å². The van der Waals surface area contributed by atoms with Crippen molar-refractivity contribution in [1.29, 1.82) is 0 Å². The molecule has 2 N–H and O–H groups in total. The summed E-state index contributed by atoms with van der Waals surface area (Å²) in [6, 6.07) is 13.4. The van der Waals surface area contributed by atoms with Crippen LogP contribution in [0.15, 0.2) is 61.1 Å². The molecular formula is C27H22FN7S. The van der Waals surface area contributed by atoms with Crippen LogP contribution in [0.5, 0.6) is 0 Å². The molecule has 1 aliphatic heterocycles. The fourth-order valence-corrected chi connectivity index (χ4v) is 5.73. The van der Waals surface area contributed by atoms with E-state index < -0.39 is 0 Å². The number of imidazole rings is 1. The number of para-hydroxylation sites is 1. The molecule has 0 aliphatic carbocycles. The van der Waals surface area contributed by atoms with E-state index in [1.807, 2.05) is 36.7 Å². The van der Waals surface area contributed by atoms with Crippen LogP contribution in [-0.4, -0.2) is 48.1 Å². The molecule has 0 spiro atoms. The normalized spacial score (nSPS) is 14.4. The van der Waals surface area contributed by atoms with Gasteiger partial charge in [0.1, 0.15) is 5.69 Å². The number of fused-ring (bicyclic) bond motifs is 2. The van der Waals surface area contributed by atoms with E-state index >= 15 is 0 Å². The van der Waals surface area contributed by atoms with Gasteiger partial charge in [-0.05, 0) is 61.8 Å². The van der Waals surface area contributed by atoms with Gasteiger partial charge in [0.05, 0.1) is 28.4 Å². The summed E-state index contributed by atoms with van der Waals surface area (Å²) < 4.78 is 13.7. The van der Waals surface area contributed by atoms with Gasteiger partial charge < -0.3 is 4.98 Å². The molecule has 5 aromatic heterocycles. The molecule has 36 heavy (non-hydrogen) atoms. The van der Waals surface area contributed by atoms with Crippen molar-refractivity contribution in [1.82, 2.24) is 35.0 Å². The molecule has 7 rings (SSSR count). The van der Waals surface area contributed by atoms with Crippen LogP contribution in [0.4, 0.5) is 4.39 Å². The highest BCUT2D eigenvalue weighted by Crippen LogP contribution is 2.35. The van der Waals surface area contributed by atoms with Gasteiger partial charge in [-0.1, -0.05) is 12.1 Å². The molecule has 178 valence electrons. The van der Waals surface area contributed by atoms with Crippen LogP contribution in [0.25, 0.3) is 55.2 Å². The van der Waals surface area contributed by atoms with E-state index in [4.69, 9.17) is 4.98 Å². The largest absolute Gasteiger partial charge is 0.337 e. The molecule has 7 nitrogen and oxygen atoms in total. The molecular weight excluding hydrogens is 473 g/mol. The van der Waals surface area contributed by atoms with Gasteiger partial charge >= 0.3 is 0 Å². The molecule has 6 heterocycles. The van der Waals surface area contributed by atoms with Gasteiger partial charge in [0.2, 0.25) is 0 Å². The summed E-state index contributed by atoms with van der Waals surface area (Å²) in [4.78, 5) is 20.7. The van der Waals surface area contributed by atoms with E-state index in [1.165, 1.54) is 24.5 Å². The lowest BCUT2D eigenvalue weighted by atomic mass is 10.1. The number of hydrogen-bond acceptors (Lipinski definition) is 6. The van der Waals surface area contributed by atoms with Crippen LogP contribution in [0.2, 0.25) is 0 Å². The lowest BCUT2D eigenvalue weighted by Gasteiger charge is -2.14. The minimum atomic E-state index is -0.213. The third-order valence-electron chi connectivity index (χ3n) is 6.72. The van der Waals surface area contributed by atoms with Gasteiger partial charge in [-0.25, -0.2) is 4.98 Å². The number of nitrogens with zero attached hydrogens (tertiary/aromatic N) is 5. The topological polar surface area (TPSA) is 86.4 Å². The van der Waals surface area contributed by atoms with Crippen molar-refractivity contribution in [3.05, 3.63) is 71.7 Å². The van der Waals surface area contributed by atoms with Crippen LogP contribution in [0.3, 0.4) is 0 Å². The summed E-state index contributed by atoms with van der Waals surface area (Å²) in [5.74, 6) is 0.652. The molecule has 1 aromatic carbocycles. The first-order valence-corrected chi connectivity index (χ1v) is 12.8. The van der Waals surface area contributed by atoms with Crippen LogP contribution < -0.4 is 0 Å². The first-order chi connectivity index (χ1) is 17.7. The number of thiophene rings is 1. The Morgan fingerprint density at radius 1 is 1.00 bits per heavy atom. The summed E-state index contributed by atoms with van der Waals surface area (Å²) in [6.07, 6.45) is 8.13. The smallest absolute Gasteiger partial charge is 0.176 e. The average Bonchev–Trinajstić information content (AvgIpc) is 3.70. The molecule has 6 aromatic rings. The van der Waals surface area contributed by atoms with Gasteiger partial charge in [-0.2, -0.15) is 9.49 Å². The molecule has 0 bridgehead atoms. The second-order valence-electron chi connectivity index (χ2n) is 9.14. The Balaban J connectivity index is 1.28. The summed E-state index contributed by atoms with van der Waals surface area (Å²) >= 11 is 1.12. The van der Waals surface area contributed by atoms with E-state index in [-0.39, 0.29) is 5.13 Å². The quantitative estimate of drug-likeness (QED) is 0.305. The third-order valence-corrected chi connectivity index (χ3v) is 7.63. The van der Waals surface area contributed by atoms with Gasteiger partial charge in [-0.3, -0.25) is 20.0 Å². The van der Waals surface area contributed by atoms with Crippen LogP contribution in [0.1, 0.15) is 18.4 Å². The van der Waals surface area contributed by atoms with Gasteiger partial charge in [0.15, 0.2) is 11.0 Å². The number of aromatic amines is 2. The average molecular weight is 496 g/mol. The lowest BCUT2D eigenvalue weighted by Crippen LogP contribution is -2.18. The monoisotopic (exact) mass is 495 g/mol. The standard InChI is InChI=1S/C27H22FN7S/c28-24-7-6-23(36-24)18-4-3-5-20-25(18)32-27(31-20)26-19-11-21(30-14-22(19)33-34-26)17-10-16(12-29-13-17)15-35-8-1-2-9-35/h3-7,10-14H,1-2,8-9,15H2,(H,31,32)(H,33,34). The van der Waals surface area contributed by atoms with E-state index in [1.54, 1.807) is 12.3 Å². The number of aromatic nitrogens is 6. The molecule has 1 aliphatic rings. The molecule has 0 radical (unpaired) electrons. The first kappa shape index (κ1) is 21.3. The Bertz CT molecular complexity index is 1710. The molecule has 0 amide bonds. The summed E-state index contributed by atoms with van der Waals surface area (Å²) in [5, 5.41) is 8.34. The highest BCUT2D eigenvalue weighted by atomic mass is 32.1. The Morgan fingerprint density at radius 3 is 2.78 bits per heavy atom. The predicted octanol–water partition coefficient (Wildman–Crippen LogP) is 6.03. The fraction of sp³-hybridized carbons (Fsp3) is 0.185. The Kier molecular flexibility index (Phi) is 5.11. The number of halogens is 1. The summed E-state index contributed by atoms with van der Waals surface area (Å²) in [5.41, 5.74) is 7.12. The molecule has 0 atom stereocenters. The van der Waals surface area contributed by atoms with Crippen molar-refractivity contribution in [3.63, 3.8) is 0 Å². The highest BCUT2D eigenvalue weighted by molar-refractivity contribution is 7.14. The van der Waals surface area contributed by atoms with Crippen LogP contribution in [-0.2, 0) is 6.54 Å². The maximum atomic E-state index is 13.7. The Hall–Kier alpha value is -3.95. The Labute approximate surface area is 210 Å². The second-order valence-corrected chi connectivity index (χ2v) is 10.2. The van der Waals surface area contributed by atoms with Gasteiger partial charge in [-0.15, -0.1) is 11.3 Å². The Morgan fingerprint density at radius 2 is 1.92 bits per heavy atom. The predicted molar refractivity (Wildman–Crippen MR) is 140 cm³/mol. The molecule has 9 heteroatoms.